The minimum absolute atomic E-state index is 0.203. The van der Waals surface area contributed by atoms with E-state index >= 15 is 0 Å². The Morgan fingerprint density at radius 2 is 2.10 bits per heavy atom. The van der Waals surface area contributed by atoms with E-state index < -0.39 is 27.8 Å². The van der Waals surface area contributed by atoms with Crippen LogP contribution in [0.25, 0.3) is 0 Å². The number of hydrogen-bond acceptors (Lipinski definition) is 4. The number of ether oxygens (including phenoxy) is 1. The van der Waals surface area contributed by atoms with Crippen molar-refractivity contribution in [2.24, 2.45) is 0 Å². The van der Waals surface area contributed by atoms with Crippen molar-refractivity contribution in [3.63, 3.8) is 0 Å². The Morgan fingerprint density at radius 1 is 1.40 bits per heavy atom. The monoisotopic (exact) mass is 306 g/mol. The average Bonchev–Trinajstić information content (AvgIpc) is 2.38. The van der Waals surface area contributed by atoms with Crippen molar-refractivity contribution in [1.82, 2.24) is 9.03 Å². The van der Waals surface area contributed by atoms with Crippen molar-refractivity contribution in [1.29, 1.82) is 0 Å². The molecule has 1 unspecified atom stereocenters. The highest BCUT2D eigenvalue weighted by molar-refractivity contribution is 7.87. The van der Waals surface area contributed by atoms with E-state index in [4.69, 9.17) is 9.84 Å². The highest BCUT2D eigenvalue weighted by atomic mass is 32.2. The molecule has 0 aromatic rings. The first-order chi connectivity index (χ1) is 9.40. The second kappa shape index (κ2) is 5.97. The molecule has 1 heterocycles. The largest absolute Gasteiger partial charge is 0.480 e. The highest BCUT2D eigenvalue weighted by Gasteiger charge is 2.41. The normalized spacial score (nSPS) is 26.9. The molecule has 2 N–H and O–H groups in total. The smallest absolute Gasteiger partial charge is 0.322 e. The summed E-state index contributed by atoms with van der Waals surface area (Å²) in [4.78, 5) is 11.2. The number of nitrogens with one attached hydrogen (secondary N) is 1. The Balaban J connectivity index is 2.02. The molecule has 0 aromatic carbocycles. The number of hydrogen-bond donors (Lipinski definition) is 2. The topological polar surface area (TPSA) is 95.9 Å². The van der Waals surface area contributed by atoms with Crippen LogP contribution in [0.3, 0.4) is 0 Å². The van der Waals surface area contributed by atoms with Crippen molar-refractivity contribution in [2.75, 3.05) is 20.2 Å². The van der Waals surface area contributed by atoms with Crippen molar-refractivity contribution in [3.8, 4) is 0 Å². The molecule has 1 saturated carbocycles. The van der Waals surface area contributed by atoms with E-state index in [2.05, 4.69) is 4.72 Å². The molecule has 1 aliphatic carbocycles. The fourth-order valence-corrected chi connectivity index (χ4v) is 4.28. The second-order valence-corrected chi connectivity index (χ2v) is 7.24. The molecule has 1 saturated heterocycles. The van der Waals surface area contributed by atoms with Gasteiger partial charge in [0.2, 0.25) is 0 Å². The van der Waals surface area contributed by atoms with Gasteiger partial charge < -0.3 is 9.84 Å². The number of carboxylic acid groups (broad SMARTS) is 1. The lowest BCUT2D eigenvalue weighted by Gasteiger charge is -2.41. The number of rotatable bonds is 6. The van der Waals surface area contributed by atoms with Gasteiger partial charge in [-0.3, -0.25) is 4.79 Å². The first-order valence-corrected chi connectivity index (χ1v) is 8.39. The zero-order valence-corrected chi connectivity index (χ0v) is 12.5. The zero-order chi connectivity index (χ0) is 14.8. The lowest BCUT2D eigenvalue weighted by molar-refractivity contribution is -0.142. The fraction of sp³-hybridized carbons (Fsp3) is 0.917. The predicted octanol–water partition coefficient (Wildman–Crippen LogP) is 0.329. The summed E-state index contributed by atoms with van der Waals surface area (Å²) in [6.07, 6.45) is 4.48. The van der Waals surface area contributed by atoms with Gasteiger partial charge in [-0.05, 0) is 38.5 Å². The van der Waals surface area contributed by atoms with Crippen molar-refractivity contribution >= 4 is 16.2 Å². The third-order valence-corrected chi connectivity index (χ3v) is 5.89. The van der Waals surface area contributed by atoms with Gasteiger partial charge in [0.1, 0.15) is 6.04 Å². The molecule has 0 bridgehead atoms. The molecule has 1 atom stereocenters. The Morgan fingerprint density at radius 3 is 2.60 bits per heavy atom. The maximum atomic E-state index is 12.3. The summed E-state index contributed by atoms with van der Waals surface area (Å²) < 4.78 is 33.6. The summed E-state index contributed by atoms with van der Waals surface area (Å²) in [5.41, 5.74) is -0.415. The number of nitrogens with zero attached hydrogens (tertiary/aromatic N) is 1. The average molecular weight is 306 g/mol. The third kappa shape index (κ3) is 3.13. The molecule has 0 radical (unpaired) electrons. The molecule has 0 spiro atoms. The van der Waals surface area contributed by atoms with E-state index in [1.807, 2.05) is 0 Å². The number of carbonyl (C=O) groups is 1. The number of piperidine rings is 1. The molecule has 116 valence electrons. The molecular formula is C12H22N2O5S. The lowest BCUT2D eigenvalue weighted by Crippen LogP contribution is -2.56. The van der Waals surface area contributed by atoms with Crippen LogP contribution >= 0.6 is 0 Å². The lowest BCUT2D eigenvalue weighted by atomic mass is 9.80. The molecule has 2 fully saturated rings. The Labute approximate surface area is 119 Å². The molecule has 20 heavy (non-hydrogen) atoms. The number of carboxylic acids is 1. The molecule has 2 rings (SSSR count). The summed E-state index contributed by atoms with van der Waals surface area (Å²) in [6.45, 7) is 0.459. The summed E-state index contributed by atoms with van der Waals surface area (Å²) in [7, 11) is -2.20. The molecular weight excluding hydrogens is 284 g/mol. The number of aliphatic carboxylic acids is 1. The van der Waals surface area contributed by atoms with Gasteiger partial charge in [0, 0.05) is 20.2 Å². The highest BCUT2D eigenvalue weighted by Crippen LogP contribution is 2.34. The van der Waals surface area contributed by atoms with Gasteiger partial charge >= 0.3 is 5.97 Å². The summed E-state index contributed by atoms with van der Waals surface area (Å²) in [5, 5.41) is 9.15. The van der Waals surface area contributed by atoms with Crippen LogP contribution in [0.1, 0.15) is 38.5 Å². The Kier molecular flexibility index (Phi) is 4.68. The maximum Gasteiger partial charge on any atom is 0.322 e. The Hall–Kier alpha value is -0.700. The van der Waals surface area contributed by atoms with Gasteiger partial charge in [0.15, 0.2) is 0 Å². The van der Waals surface area contributed by atoms with Gasteiger partial charge in [-0.15, -0.1) is 0 Å². The maximum absolute atomic E-state index is 12.3. The van der Waals surface area contributed by atoms with Crippen LogP contribution in [0, 0.1) is 0 Å². The van der Waals surface area contributed by atoms with E-state index in [9.17, 15) is 13.2 Å². The SMILES string of the molecule is COC1(CNS(=O)(=O)N2CCCCC2C(=O)O)CCC1. The van der Waals surface area contributed by atoms with Crippen LogP contribution in [-0.4, -0.2) is 55.6 Å². The van der Waals surface area contributed by atoms with Crippen LogP contribution in [0.4, 0.5) is 0 Å². The van der Waals surface area contributed by atoms with Crippen LogP contribution in [0.5, 0.6) is 0 Å². The van der Waals surface area contributed by atoms with E-state index in [1.54, 1.807) is 7.11 Å². The summed E-state index contributed by atoms with van der Waals surface area (Å²) in [5.74, 6) is -1.08. The van der Waals surface area contributed by atoms with Gasteiger partial charge in [-0.1, -0.05) is 0 Å². The zero-order valence-electron chi connectivity index (χ0n) is 11.7. The van der Waals surface area contributed by atoms with E-state index in [1.165, 1.54) is 0 Å². The Bertz CT molecular complexity index is 455. The van der Waals surface area contributed by atoms with Crippen LogP contribution in [-0.2, 0) is 19.7 Å². The first-order valence-electron chi connectivity index (χ1n) is 6.95. The molecule has 8 heteroatoms. The van der Waals surface area contributed by atoms with E-state index in [0.717, 1.165) is 30.0 Å². The second-order valence-electron chi connectivity index (χ2n) is 5.53. The van der Waals surface area contributed by atoms with Gasteiger partial charge in [-0.2, -0.15) is 17.4 Å². The molecule has 2 aliphatic rings. The van der Waals surface area contributed by atoms with Crippen molar-refractivity contribution < 1.29 is 23.1 Å². The summed E-state index contributed by atoms with van der Waals surface area (Å²) >= 11 is 0. The fourth-order valence-electron chi connectivity index (χ4n) is 2.77. The van der Waals surface area contributed by atoms with E-state index in [-0.39, 0.29) is 13.1 Å². The molecule has 7 nitrogen and oxygen atoms in total. The third-order valence-electron chi connectivity index (χ3n) is 4.32. The first kappa shape index (κ1) is 15.7. The molecule has 0 amide bonds. The van der Waals surface area contributed by atoms with Crippen molar-refractivity contribution in [2.45, 2.75) is 50.2 Å². The van der Waals surface area contributed by atoms with Crippen LogP contribution in [0.2, 0.25) is 0 Å². The standard InChI is InChI=1S/C12H22N2O5S/c1-19-12(6-4-7-12)9-13-20(17,18)14-8-3-2-5-10(14)11(15)16/h10,13H,2-9H2,1H3,(H,15,16). The number of methoxy groups -OCH3 is 1. The van der Waals surface area contributed by atoms with Crippen LogP contribution in [0.15, 0.2) is 0 Å². The predicted molar refractivity (Wildman–Crippen MR) is 72.5 cm³/mol. The van der Waals surface area contributed by atoms with E-state index in [0.29, 0.717) is 12.8 Å². The van der Waals surface area contributed by atoms with Crippen molar-refractivity contribution in [3.05, 3.63) is 0 Å². The minimum atomic E-state index is -3.77. The molecule has 0 aromatic heterocycles. The minimum Gasteiger partial charge on any atom is -0.480 e. The summed E-state index contributed by atoms with van der Waals surface area (Å²) in [6, 6.07) is -0.957. The quantitative estimate of drug-likeness (QED) is 0.737. The van der Waals surface area contributed by atoms with Gasteiger partial charge in [-0.25, -0.2) is 0 Å². The molecule has 1 aliphatic heterocycles. The van der Waals surface area contributed by atoms with Gasteiger partial charge in [0.05, 0.1) is 5.60 Å². The van der Waals surface area contributed by atoms with Crippen LogP contribution < -0.4 is 4.72 Å². The van der Waals surface area contributed by atoms with Gasteiger partial charge in [0.25, 0.3) is 10.2 Å².